The molecule has 4 heteroatoms. The average Bonchev–Trinajstić information content (AvgIpc) is 2.76. The maximum Gasteiger partial charge on any atom is 0.0402 e. The van der Waals surface area contributed by atoms with Crippen LogP contribution in [0.1, 0.15) is 36.4 Å². The van der Waals surface area contributed by atoms with Gasteiger partial charge in [-0.1, -0.05) is 34.1 Å². The topological polar surface area (TPSA) is 12.0 Å². The van der Waals surface area contributed by atoms with Crippen LogP contribution in [0, 0.1) is 0 Å². The second kappa shape index (κ2) is 6.33. The third-order valence-corrected chi connectivity index (χ3v) is 5.69. The first kappa shape index (κ1) is 14.3. The SMILES string of the molecule is CC(N[C@@H](C)c1ccccc1Br)c1sccc1Br. The van der Waals surface area contributed by atoms with E-state index in [0.29, 0.717) is 12.1 Å². The summed E-state index contributed by atoms with van der Waals surface area (Å²) in [5, 5.41) is 5.74. The van der Waals surface area contributed by atoms with Gasteiger partial charge in [-0.3, -0.25) is 0 Å². The summed E-state index contributed by atoms with van der Waals surface area (Å²) in [5.41, 5.74) is 1.29. The van der Waals surface area contributed by atoms with Crippen LogP contribution in [0.4, 0.5) is 0 Å². The molecular weight excluding hydrogens is 374 g/mol. The summed E-state index contributed by atoms with van der Waals surface area (Å²) < 4.78 is 2.34. The predicted octanol–water partition coefficient (Wildman–Crippen LogP) is 5.68. The Kier molecular flexibility index (Phi) is 5.01. The first-order valence-corrected chi connectivity index (χ1v) is 8.29. The van der Waals surface area contributed by atoms with Crippen LogP contribution in [0.3, 0.4) is 0 Å². The molecule has 0 aliphatic carbocycles. The molecule has 0 aliphatic heterocycles. The van der Waals surface area contributed by atoms with Gasteiger partial charge in [0, 0.05) is 25.9 Å². The van der Waals surface area contributed by atoms with Crippen LogP contribution in [-0.4, -0.2) is 0 Å². The molecule has 2 aromatic rings. The Labute approximate surface area is 129 Å². The Morgan fingerprint density at radius 3 is 2.33 bits per heavy atom. The van der Waals surface area contributed by atoms with Crippen molar-refractivity contribution in [3.05, 3.63) is 55.1 Å². The summed E-state index contributed by atoms with van der Waals surface area (Å²) in [6.45, 7) is 4.39. The number of halogens is 2. The smallest absolute Gasteiger partial charge is 0.0402 e. The minimum atomic E-state index is 0.310. The van der Waals surface area contributed by atoms with E-state index in [1.165, 1.54) is 14.9 Å². The standard InChI is InChI=1S/C14H15Br2NS/c1-9(11-5-3-4-6-12(11)15)17-10(2)14-13(16)7-8-18-14/h3-10,17H,1-2H3/t9-,10?/m0/s1. The molecule has 0 aliphatic rings. The Morgan fingerprint density at radius 1 is 1.00 bits per heavy atom. The molecule has 1 nitrogen and oxygen atoms in total. The van der Waals surface area contributed by atoms with Crippen molar-refractivity contribution < 1.29 is 0 Å². The van der Waals surface area contributed by atoms with Gasteiger partial charge in [0.25, 0.3) is 0 Å². The molecule has 0 spiro atoms. The third kappa shape index (κ3) is 3.23. The van der Waals surface area contributed by atoms with Gasteiger partial charge in [-0.2, -0.15) is 0 Å². The lowest BCUT2D eigenvalue weighted by Gasteiger charge is -2.21. The lowest BCUT2D eigenvalue weighted by atomic mass is 10.1. The number of thiophene rings is 1. The van der Waals surface area contributed by atoms with E-state index in [2.05, 4.69) is 80.7 Å². The summed E-state index contributed by atoms with van der Waals surface area (Å²) in [4.78, 5) is 1.34. The molecule has 1 N–H and O–H groups in total. The molecule has 1 unspecified atom stereocenters. The fourth-order valence-electron chi connectivity index (χ4n) is 1.98. The molecule has 1 heterocycles. The first-order valence-electron chi connectivity index (χ1n) is 5.83. The fraction of sp³-hybridized carbons (Fsp3) is 0.286. The zero-order valence-electron chi connectivity index (χ0n) is 10.3. The molecule has 0 radical (unpaired) electrons. The summed E-state index contributed by atoms with van der Waals surface area (Å²) in [7, 11) is 0. The molecular formula is C14H15Br2NS. The van der Waals surface area contributed by atoms with E-state index >= 15 is 0 Å². The lowest BCUT2D eigenvalue weighted by Crippen LogP contribution is -2.22. The van der Waals surface area contributed by atoms with Gasteiger partial charge in [0.2, 0.25) is 0 Å². The van der Waals surface area contributed by atoms with Crippen LogP contribution in [0.2, 0.25) is 0 Å². The van der Waals surface area contributed by atoms with E-state index < -0.39 is 0 Å². The van der Waals surface area contributed by atoms with Gasteiger partial charge >= 0.3 is 0 Å². The third-order valence-electron chi connectivity index (χ3n) is 2.91. The largest absolute Gasteiger partial charge is 0.303 e. The second-order valence-corrected chi connectivity index (χ2v) is 6.92. The second-order valence-electron chi connectivity index (χ2n) is 4.26. The highest BCUT2D eigenvalue weighted by Gasteiger charge is 2.15. The fourth-order valence-corrected chi connectivity index (χ4v) is 4.34. The molecule has 0 bridgehead atoms. The summed E-state index contributed by atoms with van der Waals surface area (Å²) >= 11 is 8.97. The van der Waals surface area contributed by atoms with Crippen molar-refractivity contribution in [2.24, 2.45) is 0 Å². The van der Waals surface area contributed by atoms with Gasteiger partial charge < -0.3 is 5.32 Å². The minimum Gasteiger partial charge on any atom is -0.303 e. The number of benzene rings is 1. The van der Waals surface area contributed by atoms with E-state index in [-0.39, 0.29) is 0 Å². The molecule has 96 valence electrons. The van der Waals surface area contributed by atoms with Crippen molar-refractivity contribution in [3.8, 4) is 0 Å². The van der Waals surface area contributed by atoms with Gasteiger partial charge in [0.1, 0.15) is 0 Å². The van der Waals surface area contributed by atoms with E-state index in [4.69, 9.17) is 0 Å². The molecule has 0 saturated carbocycles. The molecule has 2 rings (SSSR count). The molecule has 18 heavy (non-hydrogen) atoms. The van der Waals surface area contributed by atoms with Crippen LogP contribution in [-0.2, 0) is 0 Å². The molecule has 1 aromatic carbocycles. The van der Waals surface area contributed by atoms with E-state index in [1.54, 1.807) is 11.3 Å². The molecule has 1 aromatic heterocycles. The van der Waals surface area contributed by atoms with Crippen LogP contribution in [0.5, 0.6) is 0 Å². The van der Waals surface area contributed by atoms with Crippen molar-refractivity contribution >= 4 is 43.2 Å². The van der Waals surface area contributed by atoms with Crippen molar-refractivity contribution in [2.45, 2.75) is 25.9 Å². The van der Waals surface area contributed by atoms with Crippen molar-refractivity contribution in [1.29, 1.82) is 0 Å². The van der Waals surface area contributed by atoms with Crippen LogP contribution < -0.4 is 5.32 Å². The van der Waals surface area contributed by atoms with Gasteiger partial charge in [-0.15, -0.1) is 11.3 Å². The molecule has 0 saturated heterocycles. The van der Waals surface area contributed by atoms with Gasteiger partial charge in [0.05, 0.1) is 0 Å². The Hall–Kier alpha value is -0.160. The highest BCUT2D eigenvalue weighted by Crippen LogP contribution is 2.31. The average molecular weight is 389 g/mol. The van der Waals surface area contributed by atoms with Crippen LogP contribution >= 0.6 is 43.2 Å². The molecule has 2 atom stereocenters. The van der Waals surface area contributed by atoms with Crippen molar-refractivity contribution in [2.75, 3.05) is 0 Å². The maximum atomic E-state index is 3.63. The van der Waals surface area contributed by atoms with E-state index in [0.717, 1.165) is 4.47 Å². The van der Waals surface area contributed by atoms with Gasteiger partial charge in [-0.05, 0) is 52.9 Å². The molecule has 0 amide bonds. The van der Waals surface area contributed by atoms with Crippen LogP contribution in [0.15, 0.2) is 44.7 Å². The monoisotopic (exact) mass is 387 g/mol. The van der Waals surface area contributed by atoms with Crippen LogP contribution in [0.25, 0.3) is 0 Å². The van der Waals surface area contributed by atoms with Crippen molar-refractivity contribution in [3.63, 3.8) is 0 Å². The highest BCUT2D eigenvalue weighted by molar-refractivity contribution is 9.10. The zero-order chi connectivity index (χ0) is 13.1. The summed E-state index contributed by atoms with van der Waals surface area (Å²) in [5.74, 6) is 0. The van der Waals surface area contributed by atoms with Crippen molar-refractivity contribution in [1.82, 2.24) is 5.32 Å². The highest BCUT2D eigenvalue weighted by atomic mass is 79.9. The Balaban J connectivity index is 2.11. The number of hydrogen-bond donors (Lipinski definition) is 1. The number of hydrogen-bond acceptors (Lipinski definition) is 2. The van der Waals surface area contributed by atoms with E-state index in [9.17, 15) is 0 Å². The Bertz CT molecular complexity index is 524. The normalized spacial score (nSPS) is 14.4. The zero-order valence-corrected chi connectivity index (χ0v) is 14.3. The number of rotatable bonds is 4. The lowest BCUT2D eigenvalue weighted by molar-refractivity contribution is 0.498. The minimum absolute atomic E-state index is 0.310. The maximum absolute atomic E-state index is 3.63. The summed E-state index contributed by atoms with van der Waals surface area (Å²) in [6.07, 6.45) is 0. The quantitative estimate of drug-likeness (QED) is 0.709. The predicted molar refractivity (Wildman–Crippen MR) is 86.1 cm³/mol. The number of nitrogens with one attached hydrogen (secondary N) is 1. The van der Waals surface area contributed by atoms with E-state index in [1.807, 2.05) is 6.07 Å². The summed E-state index contributed by atoms with van der Waals surface area (Å²) in [6, 6.07) is 11.1. The van der Waals surface area contributed by atoms with Gasteiger partial charge in [0.15, 0.2) is 0 Å². The Morgan fingerprint density at radius 2 is 1.72 bits per heavy atom. The van der Waals surface area contributed by atoms with Gasteiger partial charge in [-0.25, -0.2) is 0 Å². The molecule has 0 fully saturated rings. The first-order chi connectivity index (χ1) is 8.59.